The number of ketones is 1. The number of ether oxygens (including phenoxy) is 2. The Morgan fingerprint density at radius 2 is 2.33 bits per heavy atom. The van der Waals surface area contributed by atoms with E-state index in [0.29, 0.717) is 37.9 Å². The molecule has 1 unspecified atom stereocenters. The van der Waals surface area contributed by atoms with Crippen molar-refractivity contribution in [3.05, 3.63) is 0 Å². The second-order valence-corrected chi connectivity index (χ2v) is 4.01. The van der Waals surface area contributed by atoms with Gasteiger partial charge in [-0.05, 0) is 32.6 Å². The lowest BCUT2D eigenvalue weighted by atomic mass is 10.1. The first-order chi connectivity index (χ1) is 7.33. The Balaban J connectivity index is 1.91. The summed E-state index contributed by atoms with van der Waals surface area (Å²) in [7, 11) is 0. The van der Waals surface area contributed by atoms with Crippen LogP contribution in [0.3, 0.4) is 0 Å². The fourth-order valence-corrected chi connectivity index (χ4v) is 1.85. The Bertz CT molecular complexity index is 174. The summed E-state index contributed by atoms with van der Waals surface area (Å²) in [5, 5.41) is 0. The summed E-state index contributed by atoms with van der Waals surface area (Å²) in [6, 6.07) is 0. The summed E-state index contributed by atoms with van der Waals surface area (Å²) >= 11 is 0. The highest BCUT2D eigenvalue weighted by Gasteiger charge is 2.15. The number of hydrogen-bond acceptors (Lipinski definition) is 3. The van der Waals surface area contributed by atoms with E-state index in [4.69, 9.17) is 9.47 Å². The molecule has 0 amide bonds. The van der Waals surface area contributed by atoms with Crippen LogP contribution >= 0.6 is 0 Å². The van der Waals surface area contributed by atoms with Crippen molar-refractivity contribution in [3.8, 4) is 0 Å². The molecule has 88 valence electrons. The van der Waals surface area contributed by atoms with Crippen molar-refractivity contribution in [1.29, 1.82) is 0 Å². The van der Waals surface area contributed by atoms with Crippen LogP contribution in [0, 0.1) is 0 Å². The van der Waals surface area contributed by atoms with Gasteiger partial charge in [0, 0.05) is 26.1 Å². The summed E-state index contributed by atoms with van der Waals surface area (Å²) in [4.78, 5) is 11.4. The third kappa shape index (κ3) is 5.90. The van der Waals surface area contributed by atoms with Crippen LogP contribution in [-0.2, 0) is 14.3 Å². The third-order valence-corrected chi connectivity index (χ3v) is 2.74. The van der Waals surface area contributed by atoms with Gasteiger partial charge < -0.3 is 9.47 Å². The van der Waals surface area contributed by atoms with Gasteiger partial charge in [0.05, 0.1) is 12.7 Å². The zero-order valence-corrected chi connectivity index (χ0v) is 9.67. The number of hydrogen-bond donors (Lipinski definition) is 0. The number of Topliss-reactive ketones (excluding diaryl/α,β-unsaturated/α-hetero) is 1. The van der Waals surface area contributed by atoms with Gasteiger partial charge in [0.1, 0.15) is 5.78 Å². The molecule has 3 nitrogen and oxygen atoms in total. The smallest absolute Gasteiger partial charge is 0.135 e. The maximum atomic E-state index is 11.4. The molecule has 0 aliphatic carbocycles. The van der Waals surface area contributed by atoms with Crippen LogP contribution in [-0.4, -0.2) is 31.7 Å². The first kappa shape index (κ1) is 12.7. The zero-order valence-electron chi connectivity index (χ0n) is 9.67. The van der Waals surface area contributed by atoms with Gasteiger partial charge in [0.2, 0.25) is 0 Å². The molecule has 1 rings (SSSR count). The van der Waals surface area contributed by atoms with E-state index in [9.17, 15) is 4.79 Å². The van der Waals surface area contributed by atoms with E-state index in [-0.39, 0.29) is 0 Å². The minimum absolute atomic E-state index is 0.321. The Hall–Kier alpha value is -0.410. The quantitative estimate of drug-likeness (QED) is 0.582. The van der Waals surface area contributed by atoms with Crippen LogP contribution in [0.5, 0.6) is 0 Å². The molecule has 0 radical (unpaired) electrons. The molecule has 1 fully saturated rings. The van der Waals surface area contributed by atoms with Gasteiger partial charge in [0.15, 0.2) is 0 Å². The minimum Gasteiger partial charge on any atom is -0.381 e. The van der Waals surface area contributed by atoms with Crippen LogP contribution in [0.25, 0.3) is 0 Å². The highest BCUT2D eigenvalue weighted by molar-refractivity contribution is 5.78. The predicted octanol–water partition coefficient (Wildman–Crippen LogP) is 2.33. The second-order valence-electron chi connectivity index (χ2n) is 4.01. The van der Waals surface area contributed by atoms with E-state index in [0.717, 1.165) is 19.4 Å². The molecule has 0 spiro atoms. The highest BCUT2D eigenvalue weighted by Crippen LogP contribution is 2.17. The van der Waals surface area contributed by atoms with Crippen LogP contribution in [0.1, 0.15) is 45.4 Å². The molecular weight excluding hydrogens is 192 g/mol. The molecule has 15 heavy (non-hydrogen) atoms. The first-order valence-electron chi connectivity index (χ1n) is 6.04. The van der Waals surface area contributed by atoms with Crippen molar-refractivity contribution >= 4 is 5.78 Å². The Morgan fingerprint density at radius 1 is 1.47 bits per heavy atom. The SMILES string of the molecule is CCOCCC(=O)CCCC1CCCO1. The van der Waals surface area contributed by atoms with Gasteiger partial charge in [-0.15, -0.1) is 0 Å². The van der Waals surface area contributed by atoms with E-state index in [2.05, 4.69) is 0 Å². The van der Waals surface area contributed by atoms with Crippen molar-refractivity contribution in [3.63, 3.8) is 0 Å². The summed E-state index contributed by atoms with van der Waals surface area (Å²) in [5.74, 6) is 0.321. The average Bonchev–Trinajstić information content (AvgIpc) is 2.71. The van der Waals surface area contributed by atoms with Crippen molar-refractivity contribution in [1.82, 2.24) is 0 Å². The molecular formula is C12H22O3. The molecule has 1 aliphatic rings. The summed E-state index contributed by atoms with van der Waals surface area (Å²) < 4.78 is 10.6. The van der Waals surface area contributed by atoms with Gasteiger partial charge >= 0.3 is 0 Å². The molecule has 3 heteroatoms. The van der Waals surface area contributed by atoms with Crippen molar-refractivity contribution in [2.24, 2.45) is 0 Å². The first-order valence-corrected chi connectivity index (χ1v) is 6.04. The molecule has 0 N–H and O–H groups in total. The van der Waals surface area contributed by atoms with Crippen LogP contribution in [0.2, 0.25) is 0 Å². The highest BCUT2D eigenvalue weighted by atomic mass is 16.5. The Kier molecular flexibility index (Phi) is 6.60. The van der Waals surface area contributed by atoms with E-state index < -0.39 is 0 Å². The summed E-state index contributed by atoms with van der Waals surface area (Å²) in [6.07, 6.45) is 6.04. The molecule has 1 saturated heterocycles. The van der Waals surface area contributed by atoms with Crippen LogP contribution < -0.4 is 0 Å². The summed E-state index contributed by atoms with van der Waals surface area (Å²) in [5.41, 5.74) is 0. The van der Waals surface area contributed by atoms with Gasteiger partial charge in [-0.2, -0.15) is 0 Å². The van der Waals surface area contributed by atoms with Gasteiger partial charge in [-0.1, -0.05) is 0 Å². The molecule has 0 aromatic rings. The minimum atomic E-state index is 0.321. The van der Waals surface area contributed by atoms with Crippen molar-refractivity contribution in [2.75, 3.05) is 19.8 Å². The average molecular weight is 214 g/mol. The lowest BCUT2D eigenvalue weighted by molar-refractivity contribution is -0.120. The second kappa shape index (κ2) is 7.83. The lowest BCUT2D eigenvalue weighted by Gasteiger charge is -2.08. The Labute approximate surface area is 92.1 Å². The topological polar surface area (TPSA) is 35.5 Å². The molecule has 0 aromatic heterocycles. The van der Waals surface area contributed by atoms with Crippen LogP contribution in [0.4, 0.5) is 0 Å². The maximum absolute atomic E-state index is 11.4. The number of rotatable bonds is 8. The zero-order chi connectivity index (χ0) is 10.9. The predicted molar refractivity (Wildman–Crippen MR) is 58.9 cm³/mol. The van der Waals surface area contributed by atoms with Gasteiger partial charge in [-0.3, -0.25) is 4.79 Å². The summed E-state index contributed by atoms with van der Waals surface area (Å²) in [6.45, 7) is 4.13. The maximum Gasteiger partial charge on any atom is 0.135 e. The van der Waals surface area contributed by atoms with Gasteiger partial charge in [-0.25, -0.2) is 0 Å². The molecule has 0 bridgehead atoms. The van der Waals surface area contributed by atoms with Crippen LogP contribution in [0.15, 0.2) is 0 Å². The molecule has 1 atom stereocenters. The Morgan fingerprint density at radius 3 is 3.00 bits per heavy atom. The molecule has 1 heterocycles. The molecule has 0 aromatic carbocycles. The van der Waals surface area contributed by atoms with E-state index in [1.165, 1.54) is 12.8 Å². The largest absolute Gasteiger partial charge is 0.381 e. The van der Waals surface area contributed by atoms with E-state index in [1.54, 1.807) is 0 Å². The van der Waals surface area contributed by atoms with Gasteiger partial charge in [0.25, 0.3) is 0 Å². The van der Waals surface area contributed by atoms with E-state index in [1.807, 2.05) is 6.92 Å². The number of carbonyl (C=O) groups is 1. The van der Waals surface area contributed by atoms with Crippen molar-refractivity contribution in [2.45, 2.75) is 51.6 Å². The van der Waals surface area contributed by atoms with Crippen molar-refractivity contribution < 1.29 is 14.3 Å². The molecule has 1 aliphatic heterocycles. The fourth-order valence-electron chi connectivity index (χ4n) is 1.85. The van der Waals surface area contributed by atoms with E-state index >= 15 is 0 Å². The normalized spacial score (nSPS) is 20.7. The lowest BCUT2D eigenvalue weighted by Crippen LogP contribution is -2.08. The monoisotopic (exact) mass is 214 g/mol. The molecule has 0 saturated carbocycles. The fraction of sp³-hybridized carbons (Fsp3) is 0.917. The standard InChI is InChI=1S/C12H22O3/c1-2-14-10-8-11(13)5-3-6-12-7-4-9-15-12/h12H,2-10H2,1H3. The third-order valence-electron chi connectivity index (χ3n) is 2.74. The number of carbonyl (C=O) groups excluding carboxylic acids is 1.